The molecular weight excluding hydrogens is 266 g/mol. The average Bonchev–Trinajstić information content (AvgIpc) is 2.75. The van der Waals surface area contributed by atoms with Gasteiger partial charge < -0.3 is 20.0 Å². The smallest absolute Gasteiger partial charge is 0.412 e. The van der Waals surface area contributed by atoms with E-state index in [2.05, 4.69) is 14.7 Å². The fourth-order valence-corrected chi connectivity index (χ4v) is 2.55. The molecule has 1 heterocycles. The van der Waals surface area contributed by atoms with Gasteiger partial charge in [-0.25, -0.2) is 4.79 Å². The largest absolute Gasteiger partial charge is 0.611 e. The van der Waals surface area contributed by atoms with Crippen molar-refractivity contribution in [1.29, 1.82) is 0 Å². The van der Waals surface area contributed by atoms with E-state index in [0.717, 1.165) is 0 Å². The Bertz CT molecular complexity index is 624. The predicted octanol–water partition coefficient (Wildman–Crippen LogP) is 1.70. The number of aromatic nitrogens is 2. The molecule has 0 saturated heterocycles. The molecule has 3 N–H and O–H groups in total. The Morgan fingerprint density at radius 3 is 3.11 bits per heavy atom. The Morgan fingerprint density at radius 1 is 1.63 bits per heavy atom. The van der Waals surface area contributed by atoms with Crippen LogP contribution in [0, 0.1) is 0 Å². The molecule has 1 aromatic carbocycles. The number of aromatic amines is 1. The summed E-state index contributed by atoms with van der Waals surface area (Å²) in [6.07, 6.45) is 2.76. The van der Waals surface area contributed by atoms with E-state index >= 15 is 0 Å². The first-order valence-corrected chi connectivity index (χ1v) is 6.88. The van der Waals surface area contributed by atoms with Crippen LogP contribution >= 0.6 is 0 Å². The molecular formula is C12H13N3O3S. The number of H-pyrrole nitrogens is 1. The molecule has 1 unspecified atom stereocenters. The van der Waals surface area contributed by atoms with Gasteiger partial charge in [-0.2, -0.15) is 4.98 Å². The fourth-order valence-electron chi connectivity index (χ4n) is 1.53. The number of benzene rings is 1. The minimum absolute atomic E-state index is 0.0267. The second kappa shape index (κ2) is 5.77. The molecule has 1 aromatic heterocycles. The highest BCUT2D eigenvalue weighted by molar-refractivity contribution is 7.91. The summed E-state index contributed by atoms with van der Waals surface area (Å²) >= 11 is -1.11. The highest BCUT2D eigenvalue weighted by atomic mass is 32.2. The van der Waals surface area contributed by atoms with Crippen LogP contribution in [0.4, 0.5) is 4.79 Å². The highest BCUT2D eigenvalue weighted by Gasteiger charge is 2.12. The Morgan fingerprint density at radius 2 is 2.42 bits per heavy atom. The van der Waals surface area contributed by atoms with E-state index in [4.69, 9.17) is 5.73 Å². The number of nitrogens with zero attached hydrogens (tertiary/aromatic N) is 1. The molecule has 2 rings (SSSR count). The number of carbonyl (C=O) groups excluding carboxylic acids is 1. The lowest BCUT2D eigenvalue weighted by Gasteiger charge is -2.07. The number of nitrogens with two attached hydrogens (primary N) is 1. The fraction of sp³-hybridized carbons (Fsp3) is 0.167. The number of nitrogens with one attached hydrogen (secondary N) is 1. The normalized spacial score (nSPS) is 12.9. The molecule has 0 fully saturated rings. The lowest BCUT2D eigenvalue weighted by molar-refractivity contribution is 0.207. The molecule has 0 saturated carbocycles. The molecule has 0 radical (unpaired) electrons. The standard InChI is InChI=1S/C12H13N3O3S/c1-2-3-6-19(17)8-4-5-9-10(7-8)15-12(14-9)18-11(13)16/h2-5,7H,6H2,1H3,(H2,13,16)(H,14,15). The quantitative estimate of drug-likeness (QED) is 0.656. The van der Waals surface area contributed by atoms with Crippen molar-refractivity contribution in [3.8, 4) is 6.01 Å². The molecule has 0 aliphatic heterocycles. The summed E-state index contributed by atoms with van der Waals surface area (Å²) in [6, 6.07) is 5.20. The minimum Gasteiger partial charge on any atom is -0.611 e. The van der Waals surface area contributed by atoms with E-state index in [1.54, 1.807) is 18.2 Å². The first kappa shape index (κ1) is 13.4. The third kappa shape index (κ3) is 3.27. The van der Waals surface area contributed by atoms with Crippen LogP contribution < -0.4 is 10.5 Å². The summed E-state index contributed by atoms with van der Waals surface area (Å²) in [7, 11) is 0. The number of carbonyl (C=O) groups is 1. The van der Waals surface area contributed by atoms with Crippen LogP contribution in [-0.4, -0.2) is 26.4 Å². The number of primary amides is 1. The SMILES string of the molecule is CC=CC[S+]([O-])c1ccc2[nH]c(OC(N)=O)nc2c1. The van der Waals surface area contributed by atoms with Crippen LogP contribution in [0.25, 0.3) is 11.0 Å². The van der Waals surface area contributed by atoms with Crippen molar-refractivity contribution in [3.63, 3.8) is 0 Å². The van der Waals surface area contributed by atoms with E-state index in [-0.39, 0.29) is 6.01 Å². The number of hydrogen-bond acceptors (Lipinski definition) is 4. The Labute approximate surface area is 112 Å². The summed E-state index contributed by atoms with van der Waals surface area (Å²) in [5.74, 6) is 0.455. The van der Waals surface area contributed by atoms with Crippen LogP contribution in [0.15, 0.2) is 35.2 Å². The maximum absolute atomic E-state index is 11.9. The van der Waals surface area contributed by atoms with Crippen LogP contribution in [-0.2, 0) is 11.2 Å². The van der Waals surface area contributed by atoms with Crippen LogP contribution in [0.5, 0.6) is 6.01 Å². The van der Waals surface area contributed by atoms with E-state index in [9.17, 15) is 9.35 Å². The molecule has 2 aromatic rings. The van der Waals surface area contributed by atoms with Gasteiger partial charge in [-0.05, 0) is 36.3 Å². The maximum atomic E-state index is 11.9. The van der Waals surface area contributed by atoms with Crippen molar-refractivity contribution in [3.05, 3.63) is 30.4 Å². The van der Waals surface area contributed by atoms with Crippen molar-refractivity contribution >= 4 is 28.3 Å². The third-order valence-corrected chi connectivity index (χ3v) is 3.65. The molecule has 19 heavy (non-hydrogen) atoms. The van der Waals surface area contributed by atoms with Gasteiger partial charge in [0, 0.05) is 6.07 Å². The van der Waals surface area contributed by atoms with E-state index in [1.807, 2.05) is 19.1 Å². The topological polar surface area (TPSA) is 104 Å². The van der Waals surface area contributed by atoms with Gasteiger partial charge in [0.1, 0.15) is 5.75 Å². The Balaban J connectivity index is 2.27. The summed E-state index contributed by atoms with van der Waals surface area (Å²) in [4.78, 5) is 18.1. The van der Waals surface area contributed by atoms with Gasteiger partial charge in [0.15, 0.2) is 4.90 Å². The molecule has 7 heteroatoms. The van der Waals surface area contributed by atoms with E-state index in [0.29, 0.717) is 21.7 Å². The van der Waals surface area contributed by atoms with Gasteiger partial charge in [-0.1, -0.05) is 6.08 Å². The Kier molecular flexibility index (Phi) is 4.08. The number of imidazole rings is 1. The minimum atomic E-state index is -1.11. The van der Waals surface area contributed by atoms with Crippen LogP contribution in [0.1, 0.15) is 6.92 Å². The zero-order chi connectivity index (χ0) is 13.8. The van der Waals surface area contributed by atoms with Gasteiger partial charge in [0.25, 0.3) is 0 Å². The first-order valence-electron chi connectivity index (χ1n) is 5.56. The molecule has 100 valence electrons. The molecule has 0 bridgehead atoms. The molecule has 0 spiro atoms. The van der Waals surface area contributed by atoms with E-state index < -0.39 is 17.3 Å². The van der Waals surface area contributed by atoms with Crippen LogP contribution in [0.3, 0.4) is 0 Å². The molecule has 1 amide bonds. The lowest BCUT2D eigenvalue weighted by Crippen LogP contribution is -2.16. The summed E-state index contributed by atoms with van der Waals surface area (Å²) < 4.78 is 16.6. The van der Waals surface area contributed by atoms with Crippen LogP contribution in [0.2, 0.25) is 0 Å². The highest BCUT2D eigenvalue weighted by Crippen LogP contribution is 2.21. The summed E-state index contributed by atoms with van der Waals surface area (Å²) in [6.45, 7) is 1.88. The van der Waals surface area contributed by atoms with Gasteiger partial charge >= 0.3 is 12.1 Å². The monoisotopic (exact) mass is 279 g/mol. The third-order valence-electron chi connectivity index (χ3n) is 2.38. The number of ether oxygens (including phenoxy) is 1. The van der Waals surface area contributed by atoms with Crippen molar-refractivity contribution in [1.82, 2.24) is 9.97 Å². The molecule has 6 nitrogen and oxygen atoms in total. The van der Waals surface area contributed by atoms with Gasteiger partial charge in [-0.15, -0.1) is 0 Å². The number of hydrogen-bond donors (Lipinski definition) is 2. The number of amides is 1. The number of allylic oxidation sites excluding steroid dienone is 1. The van der Waals surface area contributed by atoms with Crippen molar-refractivity contribution < 1.29 is 14.1 Å². The van der Waals surface area contributed by atoms with Gasteiger partial charge in [-0.3, -0.25) is 0 Å². The summed E-state index contributed by atoms with van der Waals surface area (Å²) in [5, 5.41) is 0. The second-order valence-corrected chi connectivity index (χ2v) is 5.22. The van der Waals surface area contributed by atoms with Crippen molar-refractivity contribution in [2.24, 2.45) is 5.73 Å². The summed E-state index contributed by atoms with van der Waals surface area (Å²) in [5.41, 5.74) is 6.16. The first-order chi connectivity index (χ1) is 9.10. The van der Waals surface area contributed by atoms with Gasteiger partial charge in [0.05, 0.1) is 11.0 Å². The number of rotatable bonds is 4. The van der Waals surface area contributed by atoms with Gasteiger partial charge in [0.2, 0.25) is 0 Å². The van der Waals surface area contributed by atoms with Crippen molar-refractivity contribution in [2.75, 3.05) is 5.75 Å². The number of fused-ring (bicyclic) bond motifs is 1. The van der Waals surface area contributed by atoms with E-state index in [1.165, 1.54) is 0 Å². The molecule has 0 aliphatic carbocycles. The predicted molar refractivity (Wildman–Crippen MR) is 72.4 cm³/mol. The lowest BCUT2D eigenvalue weighted by atomic mass is 10.3. The average molecular weight is 279 g/mol. The zero-order valence-electron chi connectivity index (χ0n) is 10.3. The molecule has 1 atom stereocenters. The van der Waals surface area contributed by atoms with Crippen molar-refractivity contribution in [2.45, 2.75) is 11.8 Å². The zero-order valence-corrected chi connectivity index (χ0v) is 11.1. The Hall–Kier alpha value is -1.99. The molecule has 0 aliphatic rings. The maximum Gasteiger partial charge on any atom is 0.412 e. The second-order valence-electron chi connectivity index (χ2n) is 3.72.